The summed E-state index contributed by atoms with van der Waals surface area (Å²) in [6.07, 6.45) is 0. The van der Waals surface area contributed by atoms with E-state index in [0.717, 1.165) is 16.3 Å². The molecule has 0 amide bonds. The molecule has 0 aliphatic rings. The van der Waals surface area contributed by atoms with Crippen LogP contribution in [0.4, 0.5) is 0 Å². The average molecular weight is 290 g/mol. The van der Waals surface area contributed by atoms with Crippen LogP contribution in [0.25, 0.3) is 10.8 Å². The Balaban J connectivity index is 2.77. The zero-order valence-electron chi connectivity index (χ0n) is 12.6. The molecular formula is C16H18O5. The first-order valence-electron chi connectivity index (χ1n) is 6.45. The first kappa shape index (κ1) is 15.1. The maximum atomic E-state index is 11.4. The highest BCUT2D eigenvalue weighted by molar-refractivity contribution is 5.96. The summed E-state index contributed by atoms with van der Waals surface area (Å²) in [5.41, 5.74) is 0.741. The normalized spacial score (nSPS) is 10.5. The molecule has 5 nitrogen and oxygen atoms in total. The maximum absolute atomic E-state index is 11.4. The zero-order chi connectivity index (χ0) is 15.4. The molecule has 0 radical (unpaired) electrons. The summed E-state index contributed by atoms with van der Waals surface area (Å²) in [5.74, 6) is 1.45. The van der Waals surface area contributed by atoms with Gasteiger partial charge < -0.3 is 18.9 Å². The number of benzene rings is 2. The Morgan fingerprint density at radius 1 is 1.05 bits per heavy atom. The van der Waals surface area contributed by atoms with E-state index in [0.29, 0.717) is 23.9 Å². The minimum Gasteiger partial charge on any atom is -0.497 e. The van der Waals surface area contributed by atoms with E-state index in [1.54, 1.807) is 21.3 Å². The third-order valence-electron chi connectivity index (χ3n) is 3.10. The van der Waals surface area contributed by atoms with E-state index in [2.05, 4.69) is 0 Å². The summed E-state index contributed by atoms with van der Waals surface area (Å²) in [6, 6.07) is 7.33. The Bertz CT molecular complexity index is 663. The first-order chi connectivity index (χ1) is 10.1. The van der Waals surface area contributed by atoms with Crippen molar-refractivity contribution in [3.05, 3.63) is 29.8 Å². The van der Waals surface area contributed by atoms with Gasteiger partial charge in [0.25, 0.3) is 0 Å². The van der Waals surface area contributed by atoms with Crippen molar-refractivity contribution in [3.8, 4) is 17.2 Å². The van der Waals surface area contributed by atoms with Gasteiger partial charge in [-0.25, -0.2) is 0 Å². The second kappa shape index (κ2) is 6.45. The molecule has 2 rings (SSSR count). The van der Waals surface area contributed by atoms with Crippen molar-refractivity contribution in [3.63, 3.8) is 0 Å². The molecule has 5 heteroatoms. The van der Waals surface area contributed by atoms with Crippen molar-refractivity contribution in [2.24, 2.45) is 0 Å². The zero-order valence-corrected chi connectivity index (χ0v) is 12.6. The molecule has 0 aliphatic heterocycles. The molecule has 2 aromatic rings. The van der Waals surface area contributed by atoms with Crippen LogP contribution in [0.2, 0.25) is 0 Å². The van der Waals surface area contributed by atoms with Gasteiger partial charge in [0.1, 0.15) is 17.2 Å². The predicted octanol–water partition coefficient (Wildman–Crippen LogP) is 2.93. The van der Waals surface area contributed by atoms with Crippen molar-refractivity contribution < 1.29 is 23.7 Å². The summed E-state index contributed by atoms with van der Waals surface area (Å²) in [4.78, 5) is 11.4. The quantitative estimate of drug-likeness (QED) is 0.626. The predicted molar refractivity (Wildman–Crippen MR) is 79.1 cm³/mol. The molecule has 0 bridgehead atoms. The minimum atomic E-state index is -0.387. The lowest BCUT2D eigenvalue weighted by molar-refractivity contribution is -0.131. The molecule has 0 unspecified atom stereocenters. The lowest BCUT2D eigenvalue weighted by Gasteiger charge is -2.15. The van der Waals surface area contributed by atoms with Gasteiger partial charge in [-0.15, -0.1) is 0 Å². The fourth-order valence-electron chi connectivity index (χ4n) is 2.22. The Hall–Kier alpha value is -2.27. The third-order valence-corrected chi connectivity index (χ3v) is 3.10. The summed E-state index contributed by atoms with van der Waals surface area (Å²) in [5, 5.41) is 1.59. The Morgan fingerprint density at radius 2 is 1.81 bits per heavy atom. The number of hydrogen-bond acceptors (Lipinski definition) is 5. The van der Waals surface area contributed by atoms with Gasteiger partial charge in [0.15, 0.2) is 0 Å². The lowest BCUT2D eigenvalue weighted by Crippen LogP contribution is -2.06. The minimum absolute atomic E-state index is 0.312. The highest BCUT2D eigenvalue weighted by atomic mass is 16.5. The molecule has 0 spiro atoms. The number of rotatable bonds is 5. The van der Waals surface area contributed by atoms with Crippen LogP contribution in [-0.2, 0) is 16.1 Å². The fourth-order valence-corrected chi connectivity index (χ4v) is 2.22. The molecule has 0 atom stereocenters. The standard InChI is InChI=1S/C16H18O5/c1-10(17)21-16-11(9-18-2)7-15(20-4)13-6-5-12(19-3)8-14(13)16/h5-8H,9H2,1-4H3. The van der Waals surface area contributed by atoms with Gasteiger partial charge in [-0.3, -0.25) is 4.79 Å². The molecule has 0 N–H and O–H groups in total. The first-order valence-corrected chi connectivity index (χ1v) is 6.45. The van der Waals surface area contributed by atoms with E-state index in [4.69, 9.17) is 18.9 Å². The van der Waals surface area contributed by atoms with Crippen LogP contribution in [0.1, 0.15) is 12.5 Å². The van der Waals surface area contributed by atoms with Crippen LogP contribution in [0.15, 0.2) is 24.3 Å². The van der Waals surface area contributed by atoms with Gasteiger partial charge >= 0.3 is 5.97 Å². The van der Waals surface area contributed by atoms with Gasteiger partial charge in [-0.05, 0) is 24.3 Å². The van der Waals surface area contributed by atoms with Crippen LogP contribution < -0.4 is 14.2 Å². The number of esters is 1. The number of methoxy groups -OCH3 is 3. The summed E-state index contributed by atoms with van der Waals surface area (Å²) >= 11 is 0. The number of fused-ring (bicyclic) bond motifs is 1. The lowest BCUT2D eigenvalue weighted by atomic mass is 10.0. The fraction of sp³-hybridized carbons (Fsp3) is 0.312. The van der Waals surface area contributed by atoms with Crippen molar-refractivity contribution in [1.29, 1.82) is 0 Å². The smallest absolute Gasteiger partial charge is 0.308 e. The molecule has 0 aliphatic carbocycles. The number of carbonyl (C=O) groups excluding carboxylic acids is 1. The molecular weight excluding hydrogens is 272 g/mol. The Kier molecular flexibility index (Phi) is 4.65. The van der Waals surface area contributed by atoms with E-state index in [9.17, 15) is 4.79 Å². The van der Waals surface area contributed by atoms with E-state index in [-0.39, 0.29) is 5.97 Å². The van der Waals surface area contributed by atoms with E-state index >= 15 is 0 Å². The largest absolute Gasteiger partial charge is 0.497 e. The summed E-state index contributed by atoms with van der Waals surface area (Å²) in [7, 11) is 4.77. The monoisotopic (exact) mass is 290 g/mol. The molecule has 0 heterocycles. The Labute approximate surface area is 123 Å². The SMILES string of the molecule is COCc1cc(OC)c2ccc(OC)cc2c1OC(C)=O. The topological polar surface area (TPSA) is 54.0 Å². The van der Waals surface area contributed by atoms with Crippen LogP contribution in [0, 0.1) is 0 Å². The van der Waals surface area contributed by atoms with E-state index < -0.39 is 0 Å². The third kappa shape index (κ3) is 3.08. The van der Waals surface area contributed by atoms with E-state index in [1.165, 1.54) is 6.92 Å². The van der Waals surface area contributed by atoms with Gasteiger partial charge in [0.05, 0.1) is 20.8 Å². The molecule has 21 heavy (non-hydrogen) atoms. The van der Waals surface area contributed by atoms with Gasteiger partial charge in [0, 0.05) is 30.4 Å². The summed E-state index contributed by atoms with van der Waals surface area (Å²) < 4.78 is 21.2. The van der Waals surface area contributed by atoms with Crippen LogP contribution in [0.3, 0.4) is 0 Å². The van der Waals surface area contributed by atoms with Crippen LogP contribution >= 0.6 is 0 Å². The second-order valence-corrected chi connectivity index (χ2v) is 4.51. The van der Waals surface area contributed by atoms with Crippen molar-refractivity contribution in [2.45, 2.75) is 13.5 Å². The summed E-state index contributed by atoms with van der Waals surface area (Å²) in [6.45, 7) is 1.68. The van der Waals surface area contributed by atoms with Crippen LogP contribution in [0.5, 0.6) is 17.2 Å². The molecule has 0 aromatic heterocycles. The molecule has 112 valence electrons. The maximum Gasteiger partial charge on any atom is 0.308 e. The van der Waals surface area contributed by atoms with E-state index in [1.807, 2.05) is 24.3 Å². The van der Waals surface area contributed by atoms with Crippen LogP contribution in [-0.4, -0.2) is 27.3 Å². The van der Waals surface area contributed by atoms with Gasteiger partial charge in [-0.1, -0.05) is 0 Å². The van der Waals surface area contributed by atoms with Gasteiger partial charge in [-0.2, -0.15) is 0 Å². The Morgan fingerprint density at radius 3 is 2.38 bits per heavy atom. The highest BCUT2D eigenvalue weighted by Gasteiger charge is 2.16. The molecule has 0 fully saturated rings. The molecule has 0 saturated carbocycles. The average Bonchev–Trinajstić information content (AvgIpc) is 2.48. The number of ether oxygens (including phenoxy) is 4. The molecule has 2 aromatic carbocycles. The van der Waals surface area contributed by atoms with Crippen molar-refractivity contribution in [2.75, 3.05) is 21.3 Å². The highest BCUT2D eigenvalue weighted by Crippen LogP contribution is 2.39. The van der Waals surface area contributed by atoms with Crippen molar-refractivity contribution in [1.82, 2.24) is 0 Å². The van der Waals surface area contributed by atoms with Crippen molar-refractivity contribution >= 4 is 16.7 Å². The van der Waals surface area contributed by atoms with Gasteiger partial charge in [0.2, 0.25) is 0 Å². The molecule has 0 saturated heterocycles. The number of hydrogen-bond donors (Lipinski definition) is 0. The second-order valence-electron chi connectivity index (χ2n) is 4.51. The number of carbonyl (C=O) groups is 1.